The van der Waals surface area contributed by atoms with E-state index in [1.807, 2.05) is 0 Å². The van der Waals surface area contributed by atoms with E-state index < -0.39 is 45.8 Å². The smallest absolute Gasteiger partial charge is 0.435 e. The highest BCUT2D eigenvalue weighted by Gasteiger charge is 2.75. The van der Waals surface area contributed by atoms with Gasteiger partial charge in [-0.25, -0.2) is 9.59 Å². The Morgan fingerprint density at radius 3 is 1.94 bits per heavy atom. The van der Waals surface area contributed by atoms with Gasteiger partial charge in [-0.05, 0) is 11.0 Å². The molecule has 32 heavy (non-hydrogen) atoms. The summed E-state index contributed by atoms with van der Waals surface area (Å²) in [7, 11) is -0.819. The van der Waals surface area contributed by atoms with Crippen LogP contribution in [-0.4, -0.2) is 72.2 Å². The van der Waals surface area contributed by atoms with Gasteiger partial charge in [-0.15, -0.1) is 0 Å². The molecule has 0 bridgehead atoms. The summed E-state index contributed by atoms with van der Waals surface area (Å²) in [6.07, 6.45) is -12.4. The first-order valence-electron chi connectivity index (χ1n) is 8.64. The number of halogens is 6. The minimum absolute atomic E-state index is 0.0896. The molecule has 0 amide bonds. The predicted octanol–water partition coefficient (Wildman–Crippen LogP) is -1.91. The Morgan fingerprint density at radius 2 is 1.50 bits per heavy atom. The Hall–Kier alpha value is -2.42. The maximum atomic E-state index is 13.1. The molecule has 7 nitrogen and oxygen atoms in total. The molecule has 1 aromatic carbocycles. The molecular weight excluding hydrogens is 471 g/mol. The third kappa shape index (κ3) is 6.79. The summed E-state index contributed by atoms with van der Waals surface area (Å²) in [6.45, 7) is 0. The molecule has 0 unspecified atom stereocenters. The summed E-state index contributed by atoms with van der Waals surface area (Å²) in [5.74, 6) is -6.61. The molecule has 0 aromatic heterocycles. The van der Waals surface area contributed by atoms with Crippen molar-refractivity contribution in [3.05, 3.63) is 29.8 Å². The number of rotatable bonds is 7. The van der Waals surface area contributed by atoms with Crippen LogP contribution >= 0.6 is 0 Å². The number of hydrogen-bond acceptors (Lipinski definition) is 6. The van der Waals surface area contributed by atoms with Crippen LogP contribution in [0.15, 0.2) is 24.3 Å². The van der Waals surface area contributed by atoms with Crippen LogP contribution in [0.25, 0.3) is 0 Å². The van der Waals surface area contributed by atoms with Gasteiger partial charge in [-0.1, -0.05) is 23.9 Å². The molecule has 1 rings (SSSR count). The quantitative estimate of drug-likeness (QED) is 0.120. The Balaban J connectivity index is 3.18. The lowest BCUT2D eigenvalue weighted by atomic mass is 9.81. The molecule has 1 aromatic rings. The Labute approximate surface area is 181 Å². The van der Waals surface area contributed by atoms with E-state index in [0.29, 0.717) is 17.3 Å². The van der Waals surface area contributed by atoms with Gasteiger partial charge in [0.1, 0.15) is 35.0 Å². The minimum Gasteiger partial charge on any atom is -0.435 e. The zero-order valence-electron chi connectivity index (χ0n) is 16.8. The zero-order chi connectivity index (χ0) is 25.1. The fourth-order valence-corrected chi connectivity index (χ4v) is 3.55. The number of hydrogen-bond donors (Lipinski definition) is 1. The van der Waals surface area contributed by atoms with Crippen LogP contribution < -0.4 is 15.7 Å². The second-order valence-electron chi connectivity index (χ2n) is 6.65. The van der Waals surface area contributed by atoms with Crippen molar-refractivity contribution >= 4 is 56.5 Å². The molecule has 0 aliphatic rings. The van der Waals surface area contributed by atoms with Crippen molar-refractivity contribution in [1.29, 1.82) is 0 Å². The fourth-order valence-electron chi connectivity index (χ4n) is 2.65. The largest absolute Gasteiger partial charge is 0.438 e. The highest BCUT2D eigenvalue weighted by Crippen LogP contribution is 2.46. The van der Waals surface area contributed by atoms with E-state index in [-0.39, 0.29) is 17.9 Å². The van der Waals surface area contributed by atoms with Crippen molar-refractivity contribution in [3.8, 4) is 5.75 Å². The maximum absolute atomic E-state index is 13.1. The molecule has 0 heterocycles. The molecule has 1 N–H and O–H groups in total. The first kappa shape index (κ1) is 27.6. The third-order valence-corrected chi connectivity index (χ3v) is 4.78. The van der Waals surface area contributed by atoms with Gasteiger partial charge in [0.25, 0.3) is 10.1 Å². The fraction of sp³-hybridized carbons (Fsp3) is 0.333. The number of benzene rings is 1. The number of alkyl halides is 6. The van der Waals surface area contributed by atoms with Crippen LogP contribution in [0.3, 0.4) is 0 Å². The summed E-state index contributed by atoms with van der Waals surface area (Å²) >= 11 is 0. The van der Waals surface area contributed by atoms with E-state index in [2.05, 4.69) is 4.74 Å². The highest BCUT2D eigenvalue weighted by molar-refractivity contribution is 7.85. The molecule has 17 heteroatoms. The molecular formula is C15H15B3F6O7S. The molecule has 0 saturated heterocycles. The van der Waals surface area contributed by atoms with Crippen molar-refractivity contribution in [2.45, 2.75) is 24.3 Å². The van der Waals surface area contributed by atoms with Crippen LogP contribution in [-0.2, 0) is 30.8 Å². The second-order valence-corrected chi connectivity index (χ2v) is 8.10. The summed E-state index contributed by atoms with van der Waals surface area (Å²) in [6, 6.07) is 3.33. The molecule has 0 aliphatic heterocycles. The lowest BCUT2D eigenvalue weighted by molar-refractivity contribution is -0.360. The Kier molecular flexibility index (Phi) is 8.29. The molecule has 174 valence electrons. The van der Waals surface area contributed by atoms with Crippen molar-refractivity contribution < 1.29 is 58.4 Å². The van der Waals surface area contributed by atoms with Crippen molar-refractivity contribution in [2.24, 2.45) is 0 Å². The summed E-state index contributed by atoms with van der Waals surface area (Å²) in [5.41, 5.74) is -3.64. The standard InChI is InChI=1S/C15H15B3F6O7S/c16-5-7-3-8(17)4-9(18)12(7)30-10(25)1-2-11(26)31-13(14(19,20)21,15(22,23)24)6-32(27,28)29/h1-4H,5-6,16-18H2,(H,27,28,29)/b2-1-. The van der Waals surface area contributed by atoms with Crippen LogP contribution in [0.5, 0.6) is 5.75 Å². The van der Waals surface area contributed by atoms with Crippen LogP contribution in [0.2, 0.25) is 0 Å². The number of esters is 2. The Morgan fingerprint density at radius 1 is 1.00 bits per heavy atom. The van der Waals surface area contributed by atoms with Crippen LogP contribution in [0.1, 0.15) is 5.56 Å². The first-order chi connectivity index (χ1) is 14.3. The maximum Gasteiger partial charge on any atom is 0.438 e. The van der Waals surface area contributed by atoms with Gasteiger partial charge in [-0.2, -0.15) is 34.8 Å². The zero-order valence-corrected chi connectivity index (χ0v) is 17.6. The van der Waals surface area contributed by atoms with E-state index >= 15 is 0 Å². The molecule has 0 atom stereocenters. The second kappa shape index (κ2) is 9.61. The number of carbonyl (C=O) groups is 2. The van der Waals surface area contributed by atoms with E-state index in [0.717, 1.165) is 5.46 Å². The summed E-state index contributed by atoms with van der Waals surface area (Å²) in [5, 5.41) is 0. The minimum atomic E-state index is -6.47. The molecule has 0 fully saturated rings. The van der Waals surface area contributed by atoms with E-state index in [1.165, 1.54) is 0 Å². The molecule has 0 aliphatic carbocycles. The van der Waals surface area contributed by atoms with Crippen molar-refractivity contribution in [3.63, 3.8) is 0 Å². The highest BCUT2D eigenvalue weighted by atomic mass is 32.2. The normalized spacial score (nSPS) is 13.2. The topological polar surface area (TPSA) is 107 Å². The van der Waals surface area contributed by atoms with Gasteiger partial charge in [0, 0.05) is 12.2 Å². The number of carbonyl (C=O) groups excluding carboxylic acids is 2. The van der Waals surface area contributed by atoms with Gasteiger partial charge in [0.2, 0.25) is 0 Å². The van der Waals surface area contributed by atoms with Gasteiger partial charge in [0.15, 0.2) is 0 Å². The lowest BCUT2D eigenvalue weighted by Crippen LogP contribution is -2.63. The Bertz CT molecular complexity index is 1010. The van der Waals surface area contributed by atoms with Crippen molar-refractivity contribution in [2.75, 3.05) is 5.75 Å². The molecule has 0 saturated carbocycles. The van der Waals surface area contributed by atoms with Crippen molar-refractivity contribution in [1.82, 2.24) is 0 Å². The van der Waals surface area contributed by atoms with Gasteiger partial charge >= 0.3 is 29.9 Å². The lowest BCUT2D eigenvalue weighted by Gasteiger charge is -2.35. The molecule has 0 radical (unpaired) electrons. The first-order valence-corrected chi connectivity index (χ1v) is 10.3. The summed E-state index contributed by atoms with van der Waals surface area (Å²) in [4.78, 5) is 23.5. The van der Waals surface area contributed by atoms with Gasteiger partial charge < -0.3 is 9.47 Å². The van der Waals surface area contributed by atoms with Crippen LogP contribution in [0.4, 0.5) is 26.3 Å². The SMILES string of the molecule is BCc1cc(B)cc(B)c1OC(=O)/C=C\C(=O)OC(CS(=O)(=O)O)(C(F)(F)F)C(F)(F)F. The number of ether oxygens (including phenoxy) is 2. The van der Waals surface area contributed by atoms with Gasteiger partial charge in [-0.3, -0.25) is 4.55 Å². The average Bonchev–Trinajstić information content (AvgIpc) is 2.58. The summed E-state index contributed by atoms with van der Waals surface area (Å²) < 4.78 is 117. The van der Waals surface area contributed by atoms with E-state index in [1.54, 1.807) is 35.7 Å². The average molecular weight is 486 g/mol. The van der Waals surface area contributed by atoms with Gasteiger partial charge in [0.05, 0.1) is 0 Å². The third-order valence-electron chi connectivity index (χ3n) is 4.01. The predicted molar refractivity (Wildman–Crippen MR) is 107 cm³/mol. The monoisotopic (exact) mass is 486 g/mol. The van der Waals surface area contributed by atoms with Crippen LogP contribution in [0, 0.1) is 0 Å². The van der Waals surface area contributed by atoms with E-state index in [4.69, 9.17) is 9.29 Å². The molecule has 0 spiro atoms. The van der Waals surface area contributed by atoms with E-state index in [9.17, 15) is 44.3 Å².